The van der Waals surface area contributed by atoms with Crippen molar-refractivity contribution >= 4 is 34.6 Å². The Hall–Kier alpha value is -2.94. The van der Waals surface area contributed by atoms with Gasteiger partial charge in [0.25, 0.3) is 0 Å². The molecule has 0 radical (unpaired) electrons. The van der Waals surface area contributed by atoms with Crippen LogP contribution < -0.4 is 5.32 Å². The number of carbonyl (C=O) groups is 3. The maximum atomic E-state index is 12.6. The molecule has 0 bridgehead atoms. The van der Waals surface area contributed by atoms with Crippen molar-refractivity contribution in [1.29, 1.82) is 0 Å². The molecule has 3 amide bonds. The van der Waals surface area contributed by atoms with Crippen LogP contribution in [-0.4, -0.2) is 45.7 Å². The van der Waals surface area contributed by atoms with Crippen molar-refractivity contribution in [2.75, 3.05) is 11.9 Å². The maximum absolute atomic E-state index is 12.6. The van der Waals surface area contributed by atoms with E-state index in [1.165, 1.54) is 18.3 Å². The topological polar surface area (TPSA) is 97.8 Å². The molecule has 8 nitrogen and oxygen atoms in total. The molecule has 0 spiro atoms. The summed E-state index contributed by atoms with van der Waals surface area (Å²) in [6, 6.07) is 7.64. The zero-order valence-corrected chi connectivity index (χ0v) is 20.5. The lowest BCUT2D eigenvalue weighted by Gasteiger charge is -2.28. The number of aromatic nitrogens is 1. The van der Waals surface area contributed by atoms with Crippen molar-refractivity contribution in [2.45, 2.75) is 66.1 Å². The van der Waals surface area contributed by atoms with Gasteiger partial charge in [-0.15, -0.1) is 11.3 Å². The third-order valence-electron chi connectivity index (χ3n) is 3.86. The molecule has 0 atom stereocenters. The summed E-state index contributed by atoms with van der Waals surface area (Å²) in [6.45, 7) is 12.0. The van der Waals surface area contributed by atoms with E-state index in [1.807, 2.05) is 29.6 Å². The lowest BCUT2D eigenvalue weighted by molar-refractivity contribution is -0.114. The van der Waals surface area contributed by atoms with Crippen LogP contribution in [0.15, 0.2) is 29.6 Å². The van der Waals surface area contributed by atoms with Crippen molar-refractivity contribution in [1.82, 2.24) is 9.88 Å². The Morgan fingerprint density at radius 2 is 1.62 bits per heavy atom. The van der Waals surface area contributed by atoms with E-state index in [0.29, 0.717) is 11.6 Å². The Morgan fingerprint density at radius 1 is 1.03 bits per heavy atom. The number of nitrogens with one attached hydrogen (secondary N) is 1. The Balaban J connectivity index is 2.17. The molecule has 174 valence electrons. The van der Waals surface area contributed by atoms with Gasteiger partial charge in [-0.05, 0) is 59.6 Å². The fourth-order valence-electron chi connectivity index (χ4n) is 2.63. The van der Waals surface area contributed by atoms with E-state index < -0.39 is 23.4 Å². The predicted octanol–water partition coefficient (Wildman–Crippen LogP) is 5.48. The Kier molecular flexibility index (Phi) is 8.01. The largest absolute Gasteiger partial charge is 0.443 e. The van der Waals surface area contributed by atoms with Crippen LogP contribution in [0.4, 0.5) is 14.7 Å². The zero-order chi connectivity index (χ0) is 24.1. The maximum Gasteiger partial charge on any atom is 0.419 e. The van der Waals surface area contributed by atoms with Gasteiger partial charge in [-0.1, -0.05) is 18.2 Å². The summed E-state index contributed by atoms with van der Waals surface area (Å²) in [5, 5.41) is 5.06. The molecule has 1 aromatic carbocycles. The van der Waals surface area contributed by atoms with Gasteiger partial charge in [-0.3, -0.25) is 4.79 Å². The van der Waals surface area contributed by atoms with Crippen LogP contribution in [0.5, 0.6) is 0 Å². The Labute approximate surface area is 192 Å². The van der Waals surface area contributed by atoms with Crippen LogP contribution in [0.2, 0.25) is 0 Å². The third-order valence-corrected chi connectivity index (χ3v) is 4.62. The molecule has 1 aromatic heterocycles. The molecule has 9 heteroatoms. The van der Waals surface area contributed by atoms with Gasteiger partial charge in [0.2, 0.25) is 5.91 Å². The first kappa shape index (κ1) is 25.3. The first-order chi connectivity index (χ1) is 14.7. The number of nitrogens with zero attached hydrogens (tertiary/aromatic N) is 2. The molecular weight excluding hydrogens is 430 g/mol. The monoisotopic (exact) mass is 461 g/mol. The molecule has 0 saturated carbocycles. The highest BCUT2D eigenvalue weighted by atomic mass is 32.1. The number of rotatable bonds is 5. The minimum atomic E-state index is -0.748. The summed E-state index contributed by atoms with van der Waals surface area (Å²) in [5.74, 6) is -0.177. The van der Waals surface area contributed by atoms with E-state index in [2.05, 4.69) is 10.3 Å². The number of thiazole rings is 1. The van der Waals surface area contributed by atoms with Crippen molar-refractivity contribution in [3.63, 3.8) is 0 Å². The van der Waals surface area contributed by atoms with Crippen molar-refractivity contribution in [3.8, 4) is 11.3 Å². The minimum Gasteiger partial charge on any atom is -0.443 e. The minimum absolute atomic E-state index is 0.0987. The van der Waals surface area contributed by atoms with Gasteiger partial charge < -0.3 is 14.8 Å². The van der Waals surface area contributed by atoms with Crippen molar-refractivity contribution < 1.29 is 23.9 Å². The van der Waals surface area contributed by atoms with Gasteiger partial charge in [-0.2, -0.15) is 0 Å². The molecule has 0 aliphatic heterocycles. The normalized spacial score (nSPS) is 11.6. The van der Waals surface area contributed by atoms with E-state index in [9.17, 15) is 14.4 Å². The third kappa shape index (κ3) is 8.30. The lowest BCUT2D eigenvalue weighted by atomic mass is 10.1. The molecule has 32 heavy (non-hydrogen) atoms. The highest BCUT2D eigenvalue weighted by molar-refractivity contribution is 7.14. The number of imide groups is 1. The molecule has 0 saturated heterocycles. The van der Waals surface area contributed by atoms with Gasteiger partial charge >= 0.3 is 12.2 Å². The molecule has 0 aliphatic carbocycles. The molecule has 2 rings (SSSR count). The van der Waals surface area contributed by atoms with E-state index >= 15 is 0 Å². The zero-order valence-electron chi connectivity index (χ0n) is 19.6. The number of hydrogen-bond acceptors (Lipinski definition) is 7. The van der Waals surface area contributed by atoms with Gasteiger partial charge in [0.15, 0.2) is 5.13 Å². The fourth-order valence-corrected chi connectivity index (χ4v) is 3.40. The summed E-state index contributed by atoms with van der Waals surface area (Å²) in [4.78, 5) is 41.9. The van der Waals surface area contributed by atoms with E-state index in [1.54, 1.807) is 41.5 Å². The lowest BCUT2D eigenvalue weighted by Crippen LogP contribution is -2.44. The molecule has 2 aromatic rings. The van der Waals surface area contributed by atoms with Gasteiger partial charge in [0, 0.05) is 24.4 Å². The van der Waals surface area contributed by atoms with Gasteiger partial charge in [0.05, 0.1) is 5.69 Å². The Bertz CT molecular complexity index is 944. The van der Waals surface area contributed by atoms with Crippen LogP contribution in [0.1, 0.15) is 54.0 Å². The number of amides is 3. The second-order valence-electron chi connectivity index (χ2n) is 9.28. The molecule has 0 unspecified atom stereocenters. The smallest absolute Gasteiger partial charge is 0.419 e. The molecular formula is C23H31N3O5S. The number of hydrogen-bond donors (Lipinski definition) is 1. The molecule has 0 aliphatic rings. The van der Waals surface area contributed by atoms with Crippen LogP contribution >= 0.6 is 11.3 Å². The van der Waals surface area contributed by atoms with Crippen LogP contribution in [0, 0.1) is 0 Å². The number of benzene rings is 1. The number of ether oxygens (including phenoxy) is 2. The van der Waals surface area contributed by atoms with Crippen LogP contribution in [-0.2, 0) is 20.7 Å². The van der Waals surface area contributed by atoms with E-state index in [0.717, 1.165) is 21.7 Å². The summed E-state index contributed by atoms with van der Waals surface area (Å²) < 4.78 is 10.8. The average Bonchev–Trinajstić information content (AvgIpc) is 3.07. The SMILES string of the molecule is CC(=O)Nc1nc(-c2cccc(CCN(C(=O)OC(C)(C)C)C(=O)OC(C)(C)C)c2)cs1. The van der Waals surface area contributed by atoms with E-state index in [-0.39, 0.29) is 12.5 Å². The number of carbonyl (C=O) groups excluding carboxylic acids is 3. The summed E-state index contributed by atoms with van der Waals surface area (Å²) >= 11 is 1.34. The first-order valence-electron chi connectivity index (χ1n) is 10.3. The van der Waals surface area contributed by atoms with Gasteiger partial charge in [0.1, 0.15) is 11.2 Å². The standard InChI is InChI=1S/C23H31N3O5S/c1-15(27)24-19-25-18(14-32-19)17-10-8-9-16(13-17)11-12-26(20(28)30-22(2,3)4)21(29)31-23(5,6)7/h8-10,13-14H,11-12H2,1-7H3,(H,24,25,27). The summed E-state index contributed by atoms with van der Waals surface area (Å²) in [5.41, 5.74) is 1.03. The van der Waals surface area contributed by atoms with Crippen LogP contribution in [0.3, 0.4) is 0 Å². The highest BCUT2D eigenvalue weighted by Crippen LogP contribution is 2.26. The van der Waals surface area contributed by atoms with Crippen LogP contribution in [0.25, 0.3) is 11.3 Å². The highest BCUT2D eigenvalue weighted by Gasteiger charge is 2.30. The predicted molar refractivity (Wildman–Crippen MR) is 125 cm³/mol. The van der Waals surface area contributed by atoms with E-state index in [4.69, 9.17) is 9.47 Å². The molecule has 1 N–H and O–H groups in total. The van der Waals surface area contributed by atoms with Crippen molar-refractivity contribution in [2.24, 2.45) is 0 Å². The first-order valence-corrected chi connectivity index (χ1v) is 11.2. The second kappa shape index (κ2) is 10.1. The van der Waals surface area contributed by atoms with Gasteiger partial charge in [-0.25, -0.2) is 19.5 Å². The quantitative estimate of drug-likeness (QED) is 0.633. The second-order valence-corrected chi connectivity index (χ2v) is 10.1. The number of anilines is 1. The molecule has 0 fully saturated rings. The molecule has 1 heterocycles. The Morgan fingerprint density at radius 3 is 2.16 bits per heavy atom. The summed E-state index contributed by atoms with van der Waals surface area (Å²) in [7, 11) is 0. The fraction of sp³-hybridized carbons (Fsp3) is 0.478. The average molecular weight is 462 g/mol. The summed E-state index contributed by atoms with van der Waals surface area (Å²) in [6.07, 6.45) is -1.08. The van der Waals surface area contributed by atoms with Crippen molar-refractivity contribution in [3.05, 3.63) is 35.2 Å².